The summed E-state index contributed by atoms with van der Waals surface area (Å²) in [7, 11) is 0. The largest absolute Gasteiger partial charge is 0.396 e. The third-order valence-corrected chi connectivity index (χ3v) is 4.14. The van der Waals surface area contributed by atoms with Gasteiger partial charge in [0.25, 0.3) is 5.69 Å². The van der Waals surface area contributed by atoms with Crippen LogP contribution in [-0.2, 0) is 0 Å². The van der Waals surface area contributed by atoms with E-state index in [9.17, 15) is 15.2 Å². The van der Waals surface area contributed by atoms with Crippen LogP contribution in [0, 0.1) is 16.0 Å². The second kappa shape index (κ2) is 7.33. The van der Waals surface area contributed by atoms with Gasteiger partial charge in [0.2, 0.25) is 0 Å². The molecule has 1 aliphatic heterocycles. The van der Waals surface area contributed by atoms with Gasteiger partial charge < -0.3 is 5.11 Å². The van der Waals surface area contributed by atoms with E-state index < -0.39 is 0 Å². The number of aliphatic hydroxyl groups is 1. The smallest absolute Gasteiger partial charge is 0.276 e. The summed E-state index contributed by atoms with van der Waals surface area (Å²) in [5.41, 5.74) is 0.763. The standard InChI is InChI=1S/C16H22N2O3/c1-13-8-9-14(12-19)11-17(13)10-4-6-15-5-2-3-7-16(15)18(20)21/h2-7,13-14,19H,8-12H2,1H3/b6-4+. The van der Waals surface area contributed by atoms with Gasteiger partial charge in [-0.25, -0.2) is 0 Å². The number of nitro groups is 1. The van der Waals surface area contributed by atoms with Crippen molar-refractivity contribution in [2.45, 2.75) is 25.8 Å². The molecule has 114 valence electrons. The van der Waals surface area contributed by atoms with Crippen molar-refractivity contribution in [1.29, 1.82) is 0 Å². The first-order valence-electron chi connectivity index (χ1n) is 7.36. The number of nitrogens with zero attached hydrogens (tertiary/aromatic N) is 2. The lowest BCUT2D eigenvalue weighted by molar-refractivity contribution is -0.385. The minimum Gasteiger partial charge on any atom is -0.396 e. The molecule has 1 aromatic rings. The van der Waals surface area contributed by atoms with Gasteiger partial charge in [0.15, 0.2) is 0 Å². The van der Waals surface area contributed by atoms with Crippen molar-refractivity contribution < 1.29 is 10.0 Å². The van der Waals surface area contributed by atoms with Gasteiger partial charge >= 0.3 is 0 Å². The lowest BCUT2D eigenvalue weighted by atomic mass is 9.94. The molecular weight excluding hydrogens is 268 g/mol. The van der Waals surface area contributed by atoms with Crippen LogP contribution in [0.2, 0.25) is 0 Å². The highest BCUT2D eigenvalue weighted by molar-refractivity contribution is 5.60. The quantitative estimate of drug-likeness (QED) is 0.669. The maximum Gasteiger partial charge on any atom is 0.276 e. The fraction of sp³-hybridized carbons (Fsp3) is 0.500. The molecule has 2 unspecified atom stereocenters. The number of rotatable bonds is 5. The molecule has 5 heteroatoms. The third-order valence-electron chi connectivity index (χ3n) is 4.14. The fourth-order valence-electron chi connectivity index (χ4n) is 2.78. The van der Waals surface area contributed by atoms with Crippen molar-refractivity contribution >= 4 is 11.8 Å². The van der Waals surface area contributed by atoms with E-state index in [4.69, 9.17) is 0 Å². The van der Waals surface area contributed by atoms with Crippen molar-refractivity contribution in [1.82, 2.24) is 4.90 Å². The molecule has 1 aliphatic rings. The zero-order valence-electron chi connectivity index (χ0n) is 12.3. The van der Waals surface area contributed by atoms with E-state index in [-0.39, 0.29) is 17.2 Å². The highest BCUT2D eigenvalue weighted by Crippen LogP contribution is 2.22. The van der Waals surface area contributed by atoms with Crippen LogP contribution >= 0.6 is 0 Å². The minimum atomic E-state index is -0.356. The van der Waals surface area contributed by atoms with Crippen LogP contribution in [0.3, 0.4) is 0 Å². The van der Waals surface area contributed by atoms with Gasteiger partial charge in [-0.05, 0) is 31.7 Å². The molecule has 0 saturated carbocycles. The molecule has 21 heavy (non-hydrogen) atoms. The van der Waals surface area contributed by atoms with Crippen LogP contribution in [0.15, 0.2) is 30.3 Å². The van der Waals surface area contributed by atoms with E-state index in [2.05, 4.69) is 11.8 Å². The average Bonchev–Trinajstić information content (AvgIpc) is 2.49. The Labute approximate surface area is 125 Å². The number of likely N-dealkylation sites (tertiary alicyclic amines) is 1. The van der Waals surface area contributed by atoms with Crippen molar-refractivity contribution in [2.24, 2.45) is 5.92 Å². The molecule has 0 amide bonds. The molecule has 1 fully saturated rings. The second-order valence-electron chi connectivity index (χ2n) is 5.65. The Kier molecular flexibility index (Phi) is 5.47. The normalized spacial score (nSPS) is 23.5. The molecule has 0 radical (unpaired) electrons. The molecule has 0 aliphatic carbocycles. The molecule has 0 aromatic heterocycles. The summed E-state index contributed by atoms with van der Waals surface area (Å²) < 4.78 is 0. The number of aliphatic hydroxyl groups excluding tert-OH is 1. The summed E-state index contributed by atoms with van der Waals surface area (Å²) in [4.78, 5) is 12.9. The van der Waals surface area contributed by atoms with Gasteiger partial charge in [0.05, 0.1) is 10.5 Å². The molecule has 1 heterocycles. The van der Waals surface area contributed by atoms with Gasteiger partial charge in [0.1, 0.15) is 0 Å². The van der Waals surface area contributed by atoms with Crippen LogP contribution in [0.25, 0.3) is 6.08 Å². The Morgan fingerprint density at radius 1 is 1.43 bits per heavy atom. The van der Waals surface area contributed by atoms with Gasteiger partial charge in [0, 0.05) is 31.8 Å². The first kappa shape index (κ1) is 15.7. The maximum absolute atomic E-state index is 11.0. The molecule has 0 spiro atoms. The summed E-state index contributed by atoms with van der Waals surface area (Å²) in [6, 6.07) is 7.24. The van der Waals surface area contributed by atoms with Crippen LogP contribution < -0.4 is 0 Å². The Hall–Kier alpha value is -1.72. The number of para-hydroxylation sites is 1. The first-order chi connectivity index (χ1) is 10.1. The van der Waals surface area contributed by atoms with Crippen LogP contribution in [0.4, 0.5) is 5.69 Å². The van der Waals surface area contributed by atoms with Gasteiger partial charge in [-0.1, -0.05) is 24.3 Å². The van der Waals surface area contributed by atoms with Crippen LogP contribution in [0.5, 0.6) is 0 Å². The number of hydrogen-bond donors (Lipinski definition) is 1. The Morgan fingerprint density at radius 3 is 2.90 bits per heavy atom. The summed E-state index contributed by atoms with van der Waals surface area (Å²) in [6.45, 7) is 4.06. The lowest BCUT2D eigenvalue weighted by Crippen LogP contribution is -2.42. The van der Waals surface area contributed by atoms with E-state index >= 15 is 0 Å². The van der Waals surface area contributed by atoms with Gasteiger partial charge in [-0.3, -0.25) is 15.0 Å². The Balaban J connectivity index is 2.00. The summed E-state index contributed by atoms with van der Waals surface area (Å²) >= 11 is 0. The Morgan fingerprint density at radius 2 is 2.19 bits per heavy atom. The molecule has 1 saturated heterocycles. The zero-order chi connectivity index (χ0) is 15.2. The zero-order valence-corrected chi connectivity index (χ0v) is 12.3. The van der Waals surface area contributed by atoms with E-state index in [1.165, 1.54) is 6.07 Å². The number of benzene rings is 1. The van der Waals surface area contributed by atoms with Crippen molar-refractivity contribution in [3.8, 4) is 0 Å². The van der Waals surface area contributed by atoms with Crippen molar-refractivity contribution in [3.05, 3.63) is 46.0 Å². The Bertz CT molecular complexity index is 516. The van der Waals surface area contributed by atoms with Crippen LogP contribution in [-0.4, -0.2) is 40.7 Å². The number of hydrogen-bond acceptors (Lipinski definition) is 4. The summed E-state index contributed by atoms with van der Waals surface area (Å²) in [5, 5.41) is 20.2. The summed E-state index contributed by atoms with van der Waals surface area (Å²) in [6.07, 6.45) is 5.94. The fourth-order valence-corrected chi connectivity index (χ4v) is 2.78. The number of nitro benzene ring substituents is 1. The maximum atomic E-state index is 11.0. The second-order valence-corrected chi connectivity index (χ2v) is 5.65. The van der Waals surface area contributed by atoms with Crippen molar-refractivity contribution in [3.63, 3.8) is 0 Å². The molecule has 1 N–H and O–H groups in total. The first-order valence-corrected chi connectivity index (χ1v) is 7.36. The predicted octanol–water partition coefficient (Wildman–Crippen LogP) is 2.70. The summed E-state index contributed by atoms with van der Waals surface area (Å²) in [5.74, 6) is 0.348. The van der Waals surface area contributed by atoms with E-state index in [1.807, 2.05) is 12.2 Å². The number of piperidine rings is 1. The van der Waals surface area contributed by atoms with E-state index in [1.54, 1.807) is 18.2 Å². The van der Waals surface area contributed by atoms with Gasteiger partial charge in [-0.15, -0.1) is 0 Å². The molecule has 5 nitrogen and oxygen atoms in total. The molecule has 2 atom stereocenters. The van der Waals surface area contributed by atoms with E-state index in [0.29, 0.717) is 17.5 Å². The molecule has 2 rings (SSSR count). The SMILES string of the molecule is CC1CCC(CO)CN1C/C=C/c1ccccc1[N+](=O)[O-]. The van der Waals surface area contributed by atoms with Gasteiger partial charge in [-0.2, -0.15) is 0 Å². The van der Waals surface area contributed by atoms with Crippen molar-refractivity contribution in [2.75, 3.05) is 19.7 Å². The predicted molar refractivity (Wildman–Crippen MR) is 83.0 cm³/mol. The molecule has 0 bridgehead atoms. The third kappa shape index (κ3) is 4.12. The monoisotopic (exact) mass is 290 g/mol. The average molecular weight is 290 g/mol. The van der Waals surface area contributed by atoms with Crippen LogP contribution in [0.1, 0.15) is 25.3 Å². The topological polar surface area (TPSA) is 66.6 Å². The highest BCUT2D eigenvalue weighted by Gasteiger charge is 2.23. The lowest BCUT2D eigenvalue weighted by Gasteiger charge is -2.36. The minimum absolute atomic E-state index is 0.133. The molecular formula is C16H22N2O3. The highest BCUT2D eigenvalue weighted by atomic mass is 16.6. The van der Waals surface area contributed by atoms with E-state index in [0.717, 1.165) is 25.9 Å². The molecule has 1 aromatic carbocycles.